The fourth-order valence-electron chi connectivity index (χ4n) is 0.822. The number of allylic oxidation sites excluding steroid dienone is 5. The van der Waals surface area contributed by atoms with E-state index in [1.165, 1.54) is 0 Å². The quantitative estimate of drug-likeness (QED) is 0.386. The van der Waals surface area contributed by atoms with E-state index in [0.717, 1.165) is 18.3 Å². The Bertz CT molecular complexity index is 212. The molecule has 0 radical (unpaired) electrons. The Morgan fingerprint density at radius 1 is 1.54 bits per heavy atom. The van der Waals surface area contributed by atoms with Crippen molar-refractivity contribution in [3.8, 4) is 0 Å². The summed E-state index contributed by atoms with van der Waals surface area (Å²) in [5.74, 6) is 0. The van der Waals surface area contributed by atoms with Crippen LogP contribution >= 0.6 is 0 Å². The lowest BCUT2D eigenvalue weighted by atomic mass is 10.1. The second-order valence-corrected chi connectivity index (χ2v) is 2.43. The highest BCUT2D eigenvalue weighted by Gasteiger charge is 1.87. The highest BCUT2D eigenvalue weighted by molar-refractivity contribution is 5.20. The van der Waals surface area contributed by atoms with Gasteiger partial charge in [0.2, 0.25) is 0 Å². The third-order valence-electron chi connectivity index (χ3n) is 1.42. The monoisotopic (exact) mass is 180 g/mol. The van der Waals surface area contributed by atoms with Gasteiger partial charge in [-0.05, 0) is 30.6 Å². The van der Waals surface area contributed by atoms with Gasteiger partial charge in [-0.1, -0.05) is 12.2 Å². The van der Waals surface area contributed by atoms with Crippen LogP contribution in [0.2, 0.25) is 0 Å². The number of hydrogen-bond donors (Lipinski definition) is 1. The van der Waals surface area contributed by atoms with Crippen LogP contribution in [-0.4, -0.2) is 12.2 Å². The summed E-state index contributed by atoms with van der Waals surface area (Å²) in [7, 11) is 1.61. The first-order valence-corrected chi connectivity index (χ1v) is 4.13. The van der Waals surface area contributed by atoms with Crippen molar-refractivity contribution in [2.45, 2.75) is 12.8 Å². The van der Waals surface area contributed by atoms with Crippen LogP contribution in [0.3, 0.4) is 0 Å². The van der Waals surface area contributed by atoms with Crippen LogP contribution in [0.15, 0.2) is 49.0 Å². The molecule has 0 fully saturated rings. The molecule has 0 unspecified atom stereocenters. The third kappa shape index (κ3) is 6.94. The zero-order chi connectivity index (χ0) is 9.94. The van der Waals surface area contributed by atoms with Gasteiger partial charge in [0.25, 0.3) is 0 Å². The minimum Gasteiger partial charge on any atom is -0.516 e. The molecule has 0 aromatic rings. The maximum absolute atomic E-state index is 8.41. The van der Waals surface area contributed by atoms with Gasteiger partial charge in [-0.15, -0.1) is 6.58 Å². The fraction of sp³-hybridized carbons (Fsp3) is 0.273. The smallest absolute Gasteiger partial charge is 0.0827 e. The number of methoxy groups -OCH3 is 1. The van der Waals surface area contributed by atoms with Crippen LogP contribution < -0.4 is 0 Å². The van der Waals surface area contributed by atoms with E-state index < -0.39 is 0 Å². The molecule has 0 rings (SSSR count). The molecule has 0 atom stereocenters. The lowest BCUT2D eigenvalue weighted by Crippen LogP contribution is -1.76. The van der Waals surface area contributed by atoms with E-state index in [1.54, 1.807) is 19.4 Å². The van der Waals surface area contributed by atoms with Crippen molar-refractivity contribution in [2.24, 2.45) is 0 Å². The molecule has 0 amide bonds. The van der Waals surface area contributed by atoms with Crippen molar-refractivity contribution in [3.63, 3.8) is 0 Å². The van der Waals surface area contributed by atoms with E-state index in [-0.39, 0.29) is 0 Å². The predicted molar refractivity (Wildman–Crippen MR) is 55.4 cm³/mol. The summed E-state index contributed by atoms with van der Waals surface area (Å²) >= 11 is 0. The second-order valence-electron chi connectivity index (χ2n) is 2.43. The average Bonchev–Trinajstić information content (AvgIpc) is 2.14. The number of aliphatic hydroxyl groups excluding tert-OH is 1. The summed E-state index contributed by atoms with van der Waals surface area (Å²) in [5, 5.41) is 8.41. The molecule has 2 heteroatoms. The average molecular weight is 180 g/mol. The maximum atomic E-state index is 8.41. The fourth-order valence-corrected chi connectivity index (χ4v) is 0.822. The van der Waals surface area contributed by atoms with Crippen LogP contribution in [0.1, 0.15) is 12.8 Å². The van der Waals surface area contributed by atoms with Crippen LogP contribution in [0.4, 0.5) is 0 Å². The molecular weight excluding hydrogens is 164 g/mol. The lowest BCUT2D eigenvalue weighted by Gasteiger charge is -1.95. The second kappa shape index (κ2) is 8.65. The van der Waals surface area contributed by atoms with E-state index in [1.807, 2.05) is 18.2 Å². The summed E-state index contributed by atoms with van der Waals surface area (Å²) in [4.78, 5) is 0. The van der Waals surface area contributed by atoms with E-state index in [9.17, 15) is 0 Å². The van der Waals surface area contributed by atoms with Crippen molar-refractivity contribution < 1.29 is 9.84 Å². The molecule has 1 N–H and O–H groups in total. The Labute approximate surface area is 79.5 Å². The molecule has 0 saturated heterocycles. The zero-order valence-corrected chi connectivity index (χ0v) is 7.94. The minimum absolute atomic E-state index is 0.716. The summed E-state index contributed by atoms with van der Waals surface area (Å²) in [6, 6.07) is 0. The Morgan fingerprint density at radius 3 is 2.85 bits per heavy atom. The van der Waals surface area contributed by atoms with E-state index in [4.69, 9.17) is 9.84 Å². The van der Waals surface area contributed by atoms with Gasteiger partial charge in [0, 0.05) is 0 Å². The van der Waals surface area contributed by atoms with E-state index in [0.29, 0.717) is 6.42 Å². The van der Waals surface area contributed by atoms with Gasteiger partial charge in [0.1, 0.15) is 0 Å². The Hall–Kier alpha value is -1.44. The predicted octanol–water partition coefficient (Wildman–Crippen LogP) is 3.11. The Balaban J connectivity index is 4.12. The topological polar surface area (TPSA) is 29.5 Å². The van der Waals surface area contributed by atoms with Crippen LogP contribution in [0.25, 0.3) is 0 Å². The summed E-state index contributed by atoms with van der Waals surface area (Å²) < 4.78 is 4.80. The molecule has 2 nitrogen and oxygen atoms in total. The molecule has 72 valence electrons. The molecule has 0 aliphatic rings. The van der Waals surface area contributed by atoms with Crippen LogP contribution in [0, 0.1) is 0 Å². The first-order valence-electron chi connectivity index (χ1n) is 4.13. The SMILES string of the molecule is C=CCC(=C/CC=CO)/C=C/OC. The maximum Gasteiger partial charge on any atom is 0.0827 e. The molecule has 0 heterocycles. The Morgan fingerprint density at radius 2 is 2.31 bits per heavy atom. The molecular formula is C11H16O2. The van der Waals surface area contributed by atoms with Gasteiger partial charge in [-0.25, -0.2) is 0 Å². The lowest BCUT2D eigenvalue weighted by molar-refractivity contribution is 0.337. The van der Waals surface area contributed by atoms with Crippen molar-refractivity contribution >= 4 is 0 Å². The molecule has 0 aliphatic heterocycles. The highest BCUT2D eigenvalue weighted by atomic mass is 16.5. The van der Waals surface area contributed by atoms with Crippen molar-refractivity contribution in [1.82, 2.24) is 0 Å². The number of rotatable bonds is 6. The molecule has 0 aromatic carbocycles. The van der Waals surface area contributed by atoms with Crippen molar-refractivity contribution in [1.29, 1.82) is 0 Å². The van der Waals surface area contributed by atoms with Gasteiger partial charge in [0.15, 0.2) is 0 Å². The molecule has 0 spiro atoms. The van der Waals surface area contributed by atoms with E-state index in [2.05, 4.69) is 6.58 Å². The minimum atomic E-state index is 0.716. The van der Waals surface area contributed by atoms with Gasteiger partial charge < -0.3 is 9.84 Å². The summed E-state index contributed by atoms with van der Waals surface area (Å²) in [6.45, 7) is 3.65. The largest absolute Gasteiger partial charge is 0.516 e. The summed E-state index contributed by atoms with van der Waals surface area (Å²) in [6.07, 6.45) is 11.6. The molecule has 0 aliphatic carbocycles. The Kier molecular flexibility index (Phi) is 7.70. The van der Waals surface area contributed by atoms with Gasteiger partial charge >= 0.3 is 0 Å². The third-order valence-corrected chi connectivity index (χ3v) is 1.42. The molecule has 0 bridgehead atoms. The first kappa shape index (κ1) is 11.6. The molecule has 13 heavy (non-hydrogen) atoms. The van der Waals surface area contributed by atoms with E-state index >= 15 is 0 Å². The van der Waals surface area contributed by atoms with Crippen LogP contribution in [-0.2, 0) is 4.74 Å². The van der Waals surface area contributed by atoms with Crippen molar-refractivity contribution in [3.05, 3.63) is 49.0 Å². The van der Waals surface area contributed by atoms with Crippen LogP contribution in [0.5, 0.6) is 0 Å². The highest BCUT2D eigenvalue weighted by Crippen LogP contribution is 2.05. The molecule has 0 saturated carbocycles. The number of ether oxygens (including phenoxy) is 1. The number of aliphatic hydroxyl groups is 1. The normalized spacial score (nSPS) is 12.5. The number of hydrogen-bond acceptors (Lipinski definition) is 2. The molecule has 0 aromatic heterocycles. The zero-order valence-electron chi connectivity index (χ0n) is 7.94. The first-order chi connectivity index (χ1) is 6.35. The standard InChI is InChI=1S/C11H16O2/c1-3-6-11(8-10-13-2)7-4-5-9-12/h3,5,7-10,12H,1,4,6H2,2H3/b9-5?,10-8+,11-7-. The summed E-state index contributed by atoms with van der Waals surface area (Å²) in [5.41, 5.74) is 1.12. The van der Waals surface area contributed by atoms with Gasteiger partial charge in [-0.2, -0.15) is 0 Å². The van der Waals surface area contributed by atoms with Gasteiger partial charge in [0.05, 0.1) is 19.6 Å². The van der Waals surface area contributed by atoms with Crippen molar-refractivity contribution in [2.75, 3.05) is 7.11 Å². The van der Waals surface area contributed by atoms with Gasteiger partial charge in [-0.3, -0.25) is 0 Å².